The van der Waals surface area contributed by atoms with Crippen molar-refractivity contribution in [2.75, 3.05) is 0 Å². The van der Waals surface area contributed by atoms with Crippen LogP contribution in [0.1, 0.15) is 33.6 Å². The maximum atomic E-state index is 11.5. The molecular formula is C14H22O7. The molecule has 3 unspecified atom stereocenters. The number of aliphatic hydroxyl groups excluding tert-OH is 1. The third-order valence-corrected chi connectivity index (χ3v) is 3.94. The molecule has 0 aromatic heterocycles. The molecule has 3 aliphatic heterocycles. The molecule has 3 rings (SSSR count). The monoisotopic (exact) mass is 302 g/mol. The molecule has 0 aromatic rings. The van der Waals surface area contributed by atoms with Gasteiger partial charge in [0.05, 0.1) is 5.92 Å². The Kier molecular flexibility index (Phi) is 4.41. The van der Waals surface area contributed by atoms with Crippen LogP contribution in [0.3, 0.4) is 0 Å². The lowest BCUT2D eigenvalue weighted by Crippen LogP contribution is -2.67. The fourth-order valence-corrected chi connectivity index (χ4v) is 2.66. The second-order valence-corrected chi connectivity index (χ2v) is 5.41. The summed E-state index contributed by atoms with van der Waals surface area (Å²) in [5.74, 6) is -4.08. The van der Waals surface area contributed by atoms with Crippen molar-refractivity contribution in [2.45, 2.75) is 63.9 Å². The predicted octanol–water partition coefficient (Wildman–Crippen LogP) is 0.647. The lowest BCUT2D eigenvalue weighted by molar-refractivity contribution is -0.543. The number of ether oxygens (including phenoxy) is 4. The maximum absolute atomic E-state index is 11.5. The van der Waals surface area contributed by atoms with Gasteiger partial charge >= 0.3 is 5.97 Å². The Bertz CT molecular complexity index is 414. The van der Waals surface area contributed by atoms with E-state index in [2.05, 4.69) is 6.58 Å². The highest BCUT2D eigenvalue weighted by atomic mass is 17.1. The average molecular weight is 302 g/mol. The molecule has 3 atom stereocenters. The van der Waals surface area contributed by atoms with Crippen molar-refractivity contribution < 1.29 is 34.0 Å². The van der Waals surface area contributed by atoms with Gasteiger partial charge in [-0.15, -0.1) is 0 Å². The first-order valence-corrected chi connectivity index (χ1v) is 7.08. The van der Waals surface area contributed by atoms with E-state index < -0.39 is 42.1 Å². The van der Waals surface area contributed by atoms with E-state index in [0.29, 0.717) is 6.42 Å². The Balaban J connectivity index is 2.16. The summed E-state index contributed by atoms with van der Waals surface area (Å²) in [6, 6.07) is 0. The zero-order valence-corrected chi connectivity index (χ0v) is 12.4. The Labute approximate surface area is 123 Å². The average Bonchev–Trinajstić information content (AvgIpc) is 2.85. The first-order valence-electron chi connectivity index (χ1n) is 7.08. The van der Waals surface area contributed by atoms with Gasteiger partial charge in [0, 0.05) is 6.08 Å². The van der Waals surface area contributed by atoms with Gasteiger partial charge in [-0.2, -0.15) is 0 Å². The molecule has 0 aromatic carbocycles. The van der Waals surface area contributed by atoms with E-state index in [4.69, 9.17) is 18.9 Å². The highest BCUT2D eigenvalue weighted by Gasteiger charge is 2.76. The van der Waals surface area contributed by atoms with Crippen LogP contribution < -0.4 is 0 Å². The maximum Gasteiger partial charge on any atom is 0.330 e. The van der Waals surface area contributed by atoms with Crippen LogP contribution in [0.4, 0.5) is 0 Å². The number of hydrogen-bond donors (Lipinski definition) is 2. The van der Waals surface area contributed by atoms with Crippen LogP contribution >= 0.6 is 0 Å². The van der Waals surface area contributed by atoms with Crippen LogP contribution in [0.2, 0.25) is 0 Å². The molecule has 0 spiro atoms. The molecule has 120 valence electrons. The second kappa shape index (κ2) is 5.66. The second-order valence-electron chi connectivity index (χ2n) is 5.41. The van der Waals surface area contributed by atoms with Crippen LogP contribution in [0.25, 0.3) is 0 Å². The smallest absolute Gasteiger partial charge is 0.330 e. The van der Waals surface area contributed by atoms with Crippen molar-refractivity contribution in [3.8, 4) is 0 Å². The summed E-state index contributed by atoms with van der Waals surface area (Å²) in [5, 5.41) is 18.6. The highest BCUT2D eigenvalue weighted by molar-refractivity contribution is 5.81. The van der Waals surface area contributed by atoms with Gasteiger partial charge in [-0.25, -0.2) is 4.79 Å². The van der Waals surface area contributed by atoms with E-state index in [1.54, 1.807) is 6.92 Å². The summed E-state index contributed by atoms with van der Waals surface area (Å²) in [5.41, 5.74) is 0. The fraction of sp³-hybridized carbons (Fsp3) is 0.786. The van der Waals surface area contributed by atoms with Gasteiger partial charge in [-0.3, -0.25) is 9.47 Å². The lowest BCUT2D eigenvalue weighted by atomic mass is 9.98. The number of hydrogen-bond acceptors (Lipinski definition) is 7. The molecule has 3 saturated heterocycles. The van der Waals surface area contributed by atoms with Crippen LogP contribution in [0, 0.1) is 5.92 Å². The first-order chi connectivity index (χ1) is 9.81. The number of fused-ring (bicyclic) bond motifs is 1. The minimum atomic E-state index is -1.64. The van der Waals surface area contributed by atoms with Gasteiger partial charge in [0.1, 0.15) is 6.10 Å². The molecule has 21 heavy (non-hydrogen) atoms. The van der Waals surface area contributed by atoms with E-state index in [0.717, 1.165) is 12.5 Å². The molecule has 0 aliphatic carbocycles. The van der Waals surface area contributed by atoms with Crippen molar-refractivity contribution >= 4 is 5.97 Å². The summed E-state index contributed by atoms with van der Waals surface area (Å²) in [7, 11) is 0. The zero-order valence-electron chi connectivity index (χ0n) is 12.4. The van der Waals surface area contributed by atoms with Crippen LogP contribution in [0.15, 0.2) is 12.7 Å². The number of esters is 1. The quantitative estimate of drug-likeness (QED) is 0.405. The number of rotatable bonds is 7. The standard InChI is InChI=1S/C14H22O7/c1-5-7-10(18-11(15)6-2)13-9(4)19-14(20-13,21-13)8(3)12(16)17/h6,8-10,12,16-17H,2,5,7H2,1,3-4H3. The third-order valence-electron chi connectivity index (χ3n) is 3.94. The minimum absolute atomic E-state index is 0.507. The van der Waals surface area contributed by atoms with Crippen molar-refractivity contribution in [2.24, 2.45) is 5.92 Å². The summed E-state index contributed by atoms with van der Waals surface area (Å²) in [4.78, 5) is 11.5. The van der Waals surface area contributed by atoms with Gasteiger partial charge in [-0.1, -0.05) is 19.9 Å². The number of aliphatic hydroxyl groups is 2. The largest absolute Gasteiger partial charge is 0.453 e. The molecule has 0 amide bonds. The molecule has 7 nitrogen and oxygen atoms in total. The molecule has 2 N–H and O–H groups in total. The Hall–Kier alpha value is -0.990. The fourth-order valence-electron chi connectivity index (χ4n) is 2.66. The van der Waals surface area contributed by atoms with Crippen LogP contribution in [-0.2, 0) is 23.7 Å². The van der Waals surface area contributed by atoms with Gasteiger partial charge in [-0.05, 0) is 20.3 Å². The number of carbonyl (C=O) groups is 1. The molecule has 7 heteroatoms. The predicted molar refractivity (Wildman–Crippen MR) is 70.6 cm³/mol. The molecule has 0 saturated carbocycles. The molecule has 0 radical (unpaired) electrons. The van der Waals surface area contributed by atoms with Crippen molar-refractivity contribution in [3.05, 3.63) is 12.7 Å². The summed E-state index contributed by atoms with van der Waals surface area (Å²) in [6.45, 7) is 8.58. The Morgan fingerprint density at radius 1 is 1.48 bits per heavy atom. The van der Waals surface area contributed by atoms with Crippen molar-refractivity contribution in [1.29, 1.82) is 0 Å². The lowest BCUT2D eigenvalue weighted by Gasteiger charge is -2.50. The van der Waals surface area contributed by atoms with Crippen LogP contribution in [0.5, 0.6) is 0 Å². The van der Waals surface area contributed by atoms with Crippen molar-refractivity contribution in [3.63, 3.8) is 0 Å². The van der Waals surface area contributed by atoms with E-state index in [-0.39, 0.29) is 0 Å². The SMILES string of the molecule is C=CC(=O)OC(CCC)C12OC(C(C)C(O)O)(OC1C)O2. The van der Waals surface area contributed by atoms with E-state index in [1.807, 2.05) is 6.92 Å². The van der Waals surface area contributed by atoms with Crippen molar-refractivity contribution in [1.82, 2.24) is 0 Å². The molecule has 3 fully saturated rings. The molecule has 3 heterocycles. The van der Waals surface area contributed by atoms with Gasteiger partial charge < -0.3 is 19.7 Å². The molecule has 3 aliphatic rings. The zero-order chi connectivity index (χ0) is 15.8. The third kappa shape index (κ3) is 2.49. The topological polar surface area (TPSA) is 94.5 Å². The minimum Gasteiger partial charge on any atom is -0.453 e. The molecule has 2 bridgehead atoms. The summed E-state index contributed by atoms with van der Waals surface area (Å²) in [6.07, 6.45) is -0.449. The Morgan fingerprint density at radius 3 is 2.57 bits per heavy atom. The summed E-state index contributed by atoms with van der Waals surface area (Å²) >= 11 is 0. The first kappa shape index (κ1) is 16.4. The summed E-state index contributed by atoms with van der Waals surface area (Å²) < 4.78 is 22.4. The van der Waals surface area contributed by atoms with Crippen LogP contribution in [-0.4, -0.2) is 46.4 Å². The van der Waals surface area contributed by atoms with E-state index in [1.165, 1.54) is 6.92 Å². The van der Waals surface area contributed by atoms with E-state index >= 15 is 0 Å². The van der Waals surface area contributed by atoms with Gasteiger partial charge in [0.25, 0.3) is 5.97 Å². The molecular weight excluding hydrogens is 280 g/mol. The normalized spacial score (nSPS) is 37.0. The van der Waals surface area contributed by atoms with Gasteiger partial charge in [0.2, 0.25) is 5.79 Å². The number of carbonyl (C=O) groups excluding carboxylic acids is 1. The highest BCUT2D eigenvalue weighted by Crippen LogP contribution is 2.57. The Morgan fingerprint density at radius 2 is 2.10 bits per heavy atom. The van der Waals surface area contributed by atoms with E-state index in [9.17, 15) is 15.0 Å². The van der Waals surface area contributed by atoms with Gasteiger partial charge in [0.15, 0.2) is 12.4 Å².